The zero-order valence-electron chi connectivity index (χ0n) is 15.4. The second kappa shape index (κ2) is 8.08. The van der Waals surface area contributed by atoms with Crippen LogP contribution < -0.4 is 4.72 Å². The van der Waals surface area contributed by atoms with E-state index in [9.17, 15) is 13.2 Å². The van der Waals surface area contributed by atoms with Crippen molar-refractivity contribution in [2.45, 2.75) is 43.8 Å². The number of sulfonamides is 1. The van der Waals surface area contributed by atoms with Crippen molar-refractivity contribution < 1.29 is 17.9 Å². The lowest BCUT2D eigenvalue weighted by Crippen LogP contribution is -2.47. The number of nitrogens with zero attached hydrogens (tertiary/aromatic N) is 2. The minimum atomic E-state index is -3.63. The van der Waals surface area contributed by atoms with E-state index in [2.05, 4.69) is 14.6 Å². The van der Waals surface area contributed by atoms with Crippen LogP contribution in [0, 0.1) is 0 Å². The summed E-state index contributed by atoms with van der Waals surface area (Å²) in [6.45, 7) is 8.04. The maximum absolute atomic E-state index is 12.5. The van der Waals surface area contributed by atoms with Crippen molar-refractivity contribution in [2.75, 3.05) is 39.3 Å². The van der Waals surface area contributed by atoms with Gasteiger partial charge in [-0.25, -0.2) is 13.1 Å². The number of H-pyrrole nitrogens is 1. The summed E-state index contributed by atoms with van der Waals surface area (Å²) in [7, 11) is -3.63. The minimum absolute atomic E-state index is 0.101. The molecular weight excluding hydrogens is 356 g/mol. The molecule has 0 saturated carbocycles. The molecule has 2 unspecified atom stereocenters. The summed E-state index contributed by atoms with van der Waals surface area (Å²) in [4.78, 5) is 19.2. The van der Waals surface area contributed by atoms with Crippen LogP contribution in [0.25, 0.3) is 0 Å². The molecule has 3 heterocycles. The zero-order chi connectivity index (χ0) is 18.7. The van der Waals surface area contributed by atoms with E-state index in [1.54, 1.807) is 4.90 Å². The van der Waals surface area contributed by atoms with Crippen molar-refractivity contribution >= 4 is 15.9 Å². The van der Waals surface area contributed by atoms with Crippen molar-refractivity contribution in [1.29, 1.82) is 0 Å². The fourth-order valence-corrected chi connectivity index (χ4v) is 4.65. The number of carbonyl (C=O) groups excluding carboxylic acids is 1. The molecule has 2 N–H and O–H groups in total. The lowest BCUT2D eigenvalue weighted by Gasteiger charge is -2.35. The predicted octanol–water partition coefficient (Wildman–Crippen LogP) is 0.638. The van der Waals surface area contributed by atoms with E-state index < -0.39 is 10.0 Å². The summed E-state index contributed by atoms with van der Waals surface area (Å²) in [6, 6.07) is 1.42. The summed E-state index contributed by atoms with van der Waals surface area (Å²) in [5.41, 5.74) is 0.322. The molecule has 8 nitrogen and oxygen atoms in total. The molecule has 0 spiro atoms. The topological polar surface area (TPSA) is 94.7 Å². The van der Waals surface area contributed by atoms with Crippen LogP contribution in [0.1, 0.15) is 37.2 Å². The number of nitrogens with one attached hydrogen (secondary N) is 2. The molecule has 2 atom stereocenters. The van der Waals surface area contributed by atoms with Gasteiger partial charge in [-0.15, -0.1) is 0 Å². The van der Waals surface area contributed by atoms with Gasteiger partial charge in [-0.3, -0.25) is 9.69 Å². The van der Waals surface area contributed by atoms with Gasteiger partial charge in [0.1, 0.15) is 10.6 Å². The highest BCUT2D eigenvalue weighted by atomic mass is 32.2. The molecule has 0 aliphatic carbocycles. The summed E-state index contributed by atoms with van der Waals surface area (Å²) >= 11 is 0. The molecule has 9 heteroatoms. The van der Waals surface area contributed by atoms with Gasteiger partial charge in [-0.2, -0.15) is 0 Å². The van der Waals surface area contributed by atoms with Crippen molar-refractivity contribution in [1.82, 2.24) is 19.5 Å². The first-order valence-electron chi connectivity index (χ1n) is 9.20. The average Bonchev–Trinajstić information content (AvgIpc) is 3.25. The van der Waals surface area contributed by atoms with Gasteiger partial charge in [0, 0.05) is 45.5 Å². The minimum Gasteiger partial charge on any atom is -0.373 e. The molecule has 3 rings (SSSR count). The third-order valence-corrected chi connectivity index (χ3v) is 6.25. The molecule has 146 valence electrons. The van der Waals surface area contributed by atoms with Crippen LogP contribution in [0.4, 0.5) is 0 Å². The summed E-state index contributed by atoms with van der Waals surface area (Å²) in [5.74, 6) is -0.139. The fourth-order valence-electron chi connectivity index (χ4n) is 3.63. The van der Waals surface area contributed by atoms with Crippen molar-refractivity contribution in [3.63, 3.8) is 0 Å². The van der Waals surface area contributed by atoms with E-state index in [4.69, 9.17) is 4.74 Å². The molecule has 1 aromatic heterocycles. The Kier molecular flexibility index (Phi) is 6.01. The molecule has 0 radical (unpaired) electrons. The van der Waals surface area contributed by atoms with Crippen LogP contribution >= 0.6 is 0 Å². The Hall–Kier alpha value is -1.42. The number of hydrogen-bond donors (Lipinski definition) is 2. The summed E-state index contributed by atoms with van der Waals surface area (Å²) in [6.07, 6.45) is 3.68. The fraction of sp³-hybridized carbons (Fsp3) is 0.706. The van der Waals surface area contributed by atoms with E-state index in [0.29, 0.717) is 18.8 Å². The number of carbonyl (C=O) groups is 1. The molecular formula is C17H28N4O4S. The zero-order valence-corrected chi connectivity index (χ0v) is 16.2. The normalized spacial score (nSPS) is 24.9. The number of morpholine rings is 1. The average molecular weight is 385 g/mol. The van der Waals surface area contributed by atoms with Gasteiger partial charge in [0.05, 0.1) is 12.2 Å². The molecule has 2 fully saturated rings. The standard InChI is InChI=1S/C17H28N4O4S/c1-13-11-20(12-14(2)25-13)8-5-19-26(23,24)15-9-16(18-10-15)17(22)21-6-3-4-7-21/h9-10,13-14,18-19H,3-8,11-12H2,1-2H3. The molecule has 2 aliphatic rings. The van der Waals surface area contributed by atoms with Gasteiger partial charge < -0.3 is 14.6 Å². The SMILES string of the molecule is CC1CN(CCNS(=O)(=O)c2c[nH]c(C(=O)N3CCCC3)c2)CC(C)O1. The quantitative estimate of drug-likeness (QED) is 0.751. The molecule has 2 saturated heterocycles. The largest absolute Gasteiger partial charge is 0.373 e. The Bertz CT molecular complexity index is 717. The van der Waals surface area contributed by atoms with Crippen LogP contribution in [0.15, 0.2) is 17.2 Å². The monoisotopic (exact) mass is 384 g/mol. The van der Waals surface area contributed by atoms with E-state index >= 15 is 0 Å². The highest BCUT2D eigenvalue weighted by Crippen LogP contribution is 2.16. The first-order chi connectivity index (χ1) is 12.3. The van der Waals surface area contributed by atoms with Crippen LogP contribution in [0.3, 0.4) is 0 Å². The molecule has 2 aliphatic heterocycles. The van der Waals surface area contributed by atoms with Crippen molar-refractivity contribution in [3.8, 4) is 0 Å². The third-order valence-electron chi connectivity index (χ3n) is 4.81. The molecule has 0 bridgehead atoms. The number of aromatic nitrogens is 1. The lowest BCUT2D eigenvalue weighted by molar-refractivity contribution is -0.0671. The van der Waals surface area contributed by atoms with Crippen molar-refractivity contribution in [2.24, 2.45) is 0 Å². The highest BCUT2D eigenvalue weighted by Gasteiger charge is 2.25. The smallest absolute Gasteiger partial charge is 0.270 e. The van der Waals surface area contributed by atoms with Crippen molar-refractivity contribution in [3.05, 3.63) is 18.0 Å². The summed E-state index contributed by atoms with van der Waals surface area (Å²) in [5, 5.41) is 0. The van der Waals surface area contributed by atoms with E-state index in [0.717, 1.165) is 39.0 Å². The van der Waals surface area contributed by atoms with Crippen LogP contribution in [-0.2, 0) is 14.8 Å². The number of hydrogen-bond acceptors (Lipinski definition) is 5. The maximum Gasteiger partial charge on any atom is 0.270 e. The maximum atomic E-state index is 12.5. The van der Waals surface area contributed by atoms with Gasteiger partial charge in [0.25, 0.3) is 5.91 Å². The first kappa shape index (κ1) is 19.3. The van der Waals surface area contributed by atoms with Crippen LogP contribution in [0.2, 0.25) is 0 Å². The van der Waals surface area contributed by atoms with E-state index in [1.807, 2.05) is 13.8 Å². The number of ether oxygens (including phenoxy) is 1. The predicted molar refractivity (Wildman–Crippen MR) is 97.6 cm³/mol. The van der Waals surface area contributed by atoms with Gasteiger partial charge >= 0.3 is 0 Å². The molecule has 1 amide bonds. The van der Waals surface area contributed by atoms with Gasteiger partial charge in [0.15, 0.2) is 0 Å². The van der Waals surface area contributed by atoms with Gasteiger partial charge in [-0.1, -0.05) is 0 Å². The Morgan fingerprint density at radius 3 is 2.58 bits per heavy atom. The molecule has 1 aromatic rings. The van der Waals surface area contributed by atoms with Gasteiger partial charge in [0.2, 0.25) is 10.0 Å². The first-order valence-corrected chi connectivity index (χ1v) is 10.7. The van der Waals surface area contributed by atoms with Gasteiger partial charge in [-0.05, 0) is 32.8 Å². The number of aromatic amines is 1. The number of rotatable bonds is 6. The number of amides is 1. The summed E-state index contributed by atoms with van der Waals surface area (Å²) < 4.78 is 33.2. The second-order valence-corrected chi connectivity index (χ2v) is 8.93. The van der Waals surface area contributed by atoms with E-state index in [1.165, 1.54) is 12.3 Å². The molecule has 26 heavy (non-hydrogen) atoms. The Balaban J connectivity index is 1.54. The number of likely N-dealkylation sites (tertiary alicyclic amines) is 1. The Labute approximate surface area is 154 Å². The second-order valence-electron chi connectivity index (χ2n) is 7.16. The lowest BCUT2D eigenvalue weighted by atomic mass is 10.2. The third kappa shape index (κ3) is 4.64. The van der Waals surface area contributed by atoms with Crippen LogP contribution in [-0.4, -0.2) is 80.6 Å². The van der Waals surface area contributed by atoms with Crippen LogP contribution in [0.5, 0.6) is 0 Å². The Morgan fingerprint density at radius 2 is 1.92 bits per heavy atom. The highest BCUT2D eigenvalue weighted by molar-refractivity contribution is 7.89. The Morgan fingerprint density at radius 1 is 1.27 bits per heavy atom. The van der Waals surface area contributed by atoms with E-state index in [-0.39, 0.29) is 23.0 Å². The molecule has 0 aromatic carbocycles.